The van der Waals surface area contributed by atoms with E-state index in [0.29, 0.717) is 31.5 Å². The third-order valence-corrected chi connectivity index (χ3v) is 6.81. The summed E-state index contributed by atoms with van der Waals surface area (Å²) in [7, 11) is -2.05. The van der Waals surface area contributed by atoms with Crippen LogP contribution in [0.25, 0.3) is 0 Å². The van der Waals surface area contributed by atoms with Gasteiger partial charge in [0.1, 0.15) is 5.75 Å². The number of hydrogen-bond donors (Lipinski definition) is 1. The van der Waals surface area contributed by atoms with Crippen molar-refractivity contribution < 1.29 is 18.0 Å². The number of nitrogens with zero attached hydrogens (tertiary/aromatic N) is 1. The molecule has 0 atom stereocenters. The van der Waals surface area contributed by atoms with E-state index < -0.39 is 26.7 Å². The second-order valence-electron chi connectivity index (χ2n) is 5.48. The second kappa shape index (κ2) is 7.61. The maximum Gasteiger partial charge on any atom is 0.253 e. The molecule has 23 heavy (non-hydrogen) atoms. The van der Waals surface area contributed by atoms with E-state index in [9.17, 15) is 18.0 Å². The van der Waals surface area contributed by atoms with Crippen LogP contribution in [0.15, 0.2) is 24.3 Å². The Morgan fingerprint density at radius 3 is 2.30 bits per heavy atom. The number of sulfone groups is 1. The average molecular weight is 450 g/mol. The minimum atomic E-state index is -3.47. The van der Waals surface area contributed by atoms with E-state index in [0.717, 1.165) is 3.57 Å². The molecule has 0 unspecified atom stereocenters. The zero-order chi connectivity index (χ0) is 17.0. The predicted octanol–water partition coefficient (Wildman–Crippen LogP) is 1.06. The van der Waals surface area contributed by atoms with Crippen LogP contribution in [-0.2, 0) is 14.6 Å². The molecule has 126 valence electrons. The van der Waals surface area contributed by atoms with Gasteiger partial charge in [0.2, 0.25) is 5.91 Å². The summed E-state index contributed by atoms with van der Waals surface area (Å²) in [6.07, 6.45) is 0.741. The van der Waals surface area contributed by atoms with Gasteiger partial charge in [-0.2, -0.15) is 0 Å². The molecular formula is C15H19IN2O4S. The Bertz CT molecular complexity index is 680. The first-order valence-corrected chi connectivity index (χ1v) is 10.1. The standard InChI is InChI=1S/C15H19IN2O4S/c1-17-14(19)10-23(21,22)13-6-8-18(9-7-13)15(20)11-2-4-12(16)5-3-11/h2-5,13H,6-10H2,1H3,(H,17,19). The number of piperidine rings is 1. The molecule has 1 aromatic rings. The summed E-state index contributed by atoms with van der Waals surface area (Å²) >= 11 is 2.17. The number of nitrogens with one attached hydrogen (secondary N) is 1. The lowest BCUT2D eigenvalue weighted by atomic mass is 10.1. The highest BCUT2D eigenvalue weighted by atomic mass is 127. The summed E-state index contributed by atoms with van der Waals surface area (Å²) < 4.78 is 25.4. The molecule has 2 rings (SSSR count). The lowest BCUT2D eigenvalue weighted by molar-refractivity contribution is -0.118. The van der Waals surface area contributed by atoms with Crippen molar-refractivity contribution in [2.75, 3.05) is 25.9 Å². The van der Waals surface area contributed by atoms with E-state index in [2.05, 4.69) is 27.9 Å². The minimum Gasteiger partial charge on any atom is -0.358 e. The molecule has 0 saturated carbocycles. The number of benzene rings is 1. The van der Waals surface area contributed by atoms with Crippen molar-refractivity contribution in [1.82, 2.24) is 10.2 Å². The molecule has 0 radical (unpaired) electrons. The zero-order valence-electron chi connectivity index (χ0n) is 12.8. The molecule has 2 amide bonds. The van der Waals surface area contributed by atoms with Gasteiger partial charge in [0.05, 0.1) is 5.25 Å². The molecule has 8 heteroatoms. The van der Waals surface area contributed by atoms with E-state index in [-0.39, 0.29) is 5.91 Å². The van der Waals surface area contributed by atoms with Gasteiger partial charge in [-0.25, -0.2) is 8.42 Å². The van der Waals surface area contributed by atoms with E-state index in [4.69, 9.17) is 0 Å². The molecule has 6 nitrogen and oxygen atoms in total. The van der Waals surface area contributed by atoms with Crippen molar-refractivity contribution in [3.8, 4) is 0 Å². The van der Waals surface area contributed by atoms with Gasteiger partial charge in [0, 0.05) is 29.3 Å². The number of rotatable bonds is 4. The molecule has 1 aliphatic rings. The molecule has 0 aliphatic carbocycles. The third-order valence-electron chi connectivity index (χ3n) is 3.94. The first-order valence-electron chi connectivity index (χ1n) is 7.30. The lowest BCUT2D eigenvalue weighted by Crippen LogP contribution is -2.44. The molecule has 1 saturated heterocycles. The fourth-order valence-electron chi connectivity index (χ4n) is 2.57. The fraction of sp³-hybridized carbons (Fsp3) is 0.467. The van der Waals surface area contributed by atoms with Crippen molar-refractivity contribution in [2.24, 2.45) is 0 Å². The quantitative estimate of drug-likeness (QED) is 0.696. The van der Waals surface area contributed by atoms with Crippen LogP contribution in [0, 0.1) is 3.57 Å². The highest BCUT2D eigenvalue weighted by molar-refractivity contribution is 14.1. The van der Waals surface area contributed by atoms with Crippen LogP contribution < -0.4 is 5.32 Å². The van der Waals surface area contributed by atoms with Crippen molar-refractivity contribution in [2.45, 2.75) is 18.1 Å². The number of amides is 2. The number of hydrogen-bond acceptors (Lipinski definition) is 4. The summed E-state index contributed by atoms with van der Waals surface area (Å²) in [5.74, 6) is -1.06. The van der Waals surface area contributed by atoms with Gasteiger partial charge >= 0.3 is 0 Å². The maximum atomic E-state index is 12.4. The molecule has 1 N–H and O–H groups in total. The smallest absolute Gasteiger partial charge is 0.253 e. The topological polar surface area (TPSA) is 83.6 Å². The Balaban J connectivity index is 1.97. The summed E-state index contributed by atoms with van der Waals surface area (Å²) in [6.45, 7) is 0.783. The van der Waals surface area contributed by atoms with Crippen LogP contribution in [0.4, 0.5) is 0 Å². The summed E-state index contributed by atoms with van der Waals surface area (Å²) in [5, 5.41) is 1.77. The normalized spacial score (nSPS) is 16.2. The van der Waals surface area contributed by atoms with Crippen LogP contribution in [0.1, 0.15) is 23.2 Å². The zero-order valence-corrected chi connectivity index (χ0v) is 15.8. The molecule has 0 bridgehead atoms. The summed E-state index contributed by atoms with van der Waals surface area (Å²) in [4.78, 5) is 25.4. The van der Waals surface area contributed by atoms with E-state index in [1.807, 2.05) is 12.1 Å². The molecular weight excluding hydrogens is 431 g/mol. The van der Waals surface area contributed by atoms with Crippen LogP contribution in [0.3, 0.4) is 0 Å². The van der Waals surface area contributed by atoms with Crippen LogP contribution in [0.2, 0.25) is 0 Å². The molecule has 1 aromatic carbocycles. The van der Waals surface area contributed by atoms with Gasteiger partial charge in [-0.05, 0) is 59.7 Å². The number of halogens is 1. The van der Waals surface area contributed by atoms with E-state index in [1.165, 1.54) is 7.05 Å². The van der Waals surface area contributed by atoms with Crippen LogP contribution in [0.5, 0.6) is 0 Å². The Morgan fingerprint density at radius 1 is 1.22 bits per heavy atom. The Morgan fingerprint density at radius 2 is 1.78 bits per heavy atom. The number of carbonyl (C=O) groups is 2. The van der Waals surface area contributed by atoms with Gasteiger partial charge in [0.25, 0.3) is 5.91 Å². The first kappa shape index (κ1) is 18.2. The van der Waals surface area contributed by atoms with Crippen LogP contribution >= 0.6 is 22.6 Å². The van der Waals surface area contributed by atoms with E-state index >= 15 is 0 Å². The lowest BCUT2D eigenvalue weighted by Gasteiger charge is -2.31. The SMILES string of the molecule is CNC(=O)CS(=O)(=O)C1CCN(C(=O)c2ccc(I)cc2)CC1. The van der Waals surface area contributed by atoms with Crippen molar-refractivity contribution in [3.63, 3.8) is 0 Å². The van der Waals surface area contributed by atoms with Crippen molar-refractivity contribution >= 4 is 44.2 Å². The predicted molar refractivity (Wildman–Crippen MR) is 95.9 cm³/mol. The Hall–Kier alpha value is -1.16. The van der Waals surface area contributed by atoms with E-state index in [1.54, 1.807) is 17.0 Å². The van der Waals surface area contributed by atoms with Crippen LogP contribution in [-0.4, -0.2) is 56.3 Å². The summed E-state index contributed by atoms with van der Waals surface area (Å²) in [6, 6.07) is 7.29. The monoisotopic (exact) mass is 450 g/mol. The molecule has 0 aromatic heterocycles. The second-order valence-corrected chi connectivity index (χ2v) is 9.01. The summed E-state index contributed by atoms with van der Waals surface area (Å²) in [5.41, 5.74) is 0.608. The van der Waals surface area contributed by atoms with Crippen molar-refractivity contribution in [3.05, 3.63) is 33.4 Å². The minimum absolute atomic E-state index is 0.0800. The average Bonchev–Trinajstić information content (AvgIpc) is 2.54. The van der Waals surface area contributed by atoms with Gasteiger partial charge in [0.15, 0.2) is 9.84 Å². The van der Waals surface area contributed by atoms with Crippen molar-refractivity contribution in [1.29, 1.82) is 0 Å². The number of likely N-dealkylation sites (tertiary alicyclic amines) is 1. The van der Waals surface area contributed by atoms with Gasteiger partial charge in [-0.3, -0.25) is 9.59 Å². The van der Waals surface area contributed by atoms with Gasteiger partial charge in [-0.1, -0.05) is 0 Å². The highest BCUT2D eigenvalue weighted by Crippen LogP contribution is 2.20. The third kappa shape index (κ3) is 4.66. The Kier molecular flexibility index (Phi) is 6.01. The maximum absolute atomic E-state index is 12.4. The fourth-order valence-corrected chi connectivity index (χ4v) is 4.60. The largest absolute Gasteiger partial charge is 0.358 e. The first-order chi connectivity index (χ1) is 10.8. The molecule has 1 aliphatic heterocycles. The Labute approximate surface area is 149 Å². The molecule has 1 heterocycles. The van der Waals surface area contributed by atoms with Gasteiger partial charge < -0.3 is 10.2 Å². The number of carbonyl (C=O) groups excluding carboxylic acids is 2. The molecule has 0 spiro atoms. The molecule has 1 fully saturated rings. The highest BCUT2D eigenvalue weighted by Gasteiger charge is 2.32. The van der Waals surface area contributed by atoms with Gasteiger partial charge in [-0.15, -0.1) is 0 Å².